The molecule has 2 atom stereocenters. The van der Waals surface area contributed by atoms with E-state index in [1.54, 1.807) is 7.05 Å². The molecular weight excluding hydrogens is 242 g/mol. The number of rotatable bonds is 1. The van der Waals surface area contributed by atoms with Crippen molar-refractivity contribution in [3.05, 3.63) is 0 Å². The smallest absolute Gasteiger partial charge is 0.246 e. The highest BCUT2D eigenvalue weighted by Crippen LogP contribution is 2.37. The Hall–Kier alpha value is -0.940. The number of hydrogen-bond donors (Lipinski definition) is 1. The number of carbonyl (C=O) groups is 2. The number of amides is 2. The summed E-state index contributed by atoms with van der Waals surface area (Å²) in [5, 5.41) is 3.50. The molecule has 106 valence electrons. The number of nitrogens with zero attached hydrogens (tertiary/aromatic N) is 2. The summed E-state index contributed by atoms with van der Waals surface area (Å²) in [7, 11) is 1.60. The third-order valence-electron chi connectivity index (χ3n) is 5.05. The van der Waals surface area contributed by atoms with Crippen LogP contribution in [0.25, 0.3) is 0 Å². The van der Waals surface area contributed by atoms with Gasteiger partial charge in [0.2, 0.25) is 11.8 Å². The van der Waals surface area contributed by atoms with Gasteiger partial charge in [-0.1, -0.05) is 0 Å². The number of carbonyl (C=O) groups excluding carboxylic acids is 2. The molecule has 3 heterocycles. The summed E-state index contributed by atoms with van der Waals surface area (Å²) in [5.74, 6) is -0.0396. The maximum atomic E-state index is 12.1. The number of hydrogen-bond acceptors (Lipinski definition) is 4. The molecular formula is C14H23N3O2. The van der Waals surface area contributed by atoms with Crippen molar-refractivity contribution >= 4 is 11.8 Å². The van der Waals surface area contributed by atoms with Gasteiger partial charge in [-0.2, -0.15) is 0 Å². The molecule has 0 bridgehead atoms. The van der Waals surface area contributed by atoms with E-state index in [0.717, 1.165) is 32.6 Å². The highest BCUT2D eigenvalue weighted by molar-refractivity contribution is 6.05. The fraction of sp³-hybridized carbons (Fsp3) is 0.857. The van der Waals surface area contributed by atoms with Crippen molar-refractivity contribution in [3.8, 4) is 0 Å². The molecule has 0 radical (unpaired) electrons. The molecule has 0 aromatic carbocycles. The zero-order valence-corrected chi connectivity index (χ0v) is 11.7. The molecule has 0 saturated carbocycles. The van der Waals surface area contributed by atoms with Crippen LogP contribution < -0.4 is 5.32 Å². The molecule has 0 aromatic heterocycles. The summed E-state index contributed by atoms with van der Waals surface area (Å²) in [6.07, 6.45) is 5.25. The lowest BCUT2D eigenvalue weighted by molar-refractivity contribution is -0.138. The van der Waals surface area contributed by atoms with Gasteiger partial charge in [0.05, 0.1) is 12.5 Å². The third kappa shape index (κ3) is 2.30. The molecule has 3 rings (SSSR count). The zero-order chi connectivity index (χ0) is 13.5. The number of imide groups is 1. The molecule has 3 aliphatic heterocycles. The van der Waals surface area contributed by atoms with Crippen LogP contribution in [0.1, 0.15) is 32.1 Å². The van der Waals surface area contributed by atoms with Crippen LogP contribution in [0.4, 0.5) is 0 Å². The lowest BCUT2D eigenvalue weighted by Gasteiger charge is -2.46. The van der Waals surface area contributed by atoms with Gasteiger partial charge in [-0.15, -0.1) is 0 Å². The lowest BCUT2D eigenvalue weighted by Crippen LogP contribution is -2.55. The highest BCUT2D eigenvalue weighted by atomic mass is 16.2. The van der Waals surface area contributed by atoms with Crippen LogP contribution in [0.2, 0.25) is 0 Å². The average molecular weight is 265 g/mol. The van der Waals surface area contributed by atoms with Crippen LogP contribution in [0.5, 0.6) is 0 Å². The van der Waals surface area contributed by atoms with Crippen LogP contribution in [0, 0.1) is 5.41 Å². The standard InChI is InChI=1S/C14H23N3O2/c1-16-12(18)8-11(13(16)19)17-7-3-5-14(10-17)4-2-6-15-9-14/h11,15H,2-10H2,1H3. The van der Waals surface area contributed by atoms with Crippen LogP contribution in [0.15, 0.2) is 0 Å². The van der Waals surface area contributed by atoms with E-state index in [2.05, 4.69) is 10.2 Å². The highest BCUT2D eigenvalue weighted by Gasteiger charge is 2.44. The van der Waals surface area contributed by atoms with Gasteiger partial charge in [-0.05, 0) is 44.2 Å². The summed E-state index contributed by atoms with van der Waals surface area (Å²) in [5.41, 5.74) is 0.334. The Labute approximate surface area is 114 Å². The van der Waals surface area contributed by atoms with Crippen molar-refractivity contribution in [2.24, 2.45) is 5.41 Å². The number of likely N-dealkylation sites (tertiary alicyclic amines) is 2. The first kappa shape index (κ1) is 13.1. The molecule has 3 aliphatic rings. The van der Waals surface area contributed by atoms with Crippen LogP contribution in [-0.4, -0.2) is 60.9 Å². The molecule has 1 N–H and O–H groups in total. The summed E-state index contributed by atoms with van der Waals surface area (Å²) in [4.78, 5) is 27.4. The van der Waals surface area contributed by atoms with Crippen molar-refractivity contribution in [2.75, 3.05) is 33.2 Å². The van der Waals surface area contributed by atoms with Gasteiger partial charge in [0, 0.05) is 20.1 Å². The zero-order valence-electron chi connectivity index (χ0n) is 11.7. The van der Waals surface area contributed by atoms with Gasteiger partial charge in [0.25, 0.3) is 0 Å². The minimum atomic E-state index is -0.198. The van der Waals surface area contributed by atoms with E-state index in [0.29, 0.717) is 11.8 Å². The van der Waals surface area contributed by atoms with Gasteiger partial charge in [0.15, 0.2) is 0 Å². The maximum Gasteiger partial charge on any atom is 0.246 e. The maximum absolute atomic E-state index is 12.1. The van der Waals surface area contributed by atoms with Crippen molar-refractivity contribution in [1.29, 1.82) is 0 Å². The first-order chi connectivity index (χ1) is 9.11. The first-order valence-electron chi connectivity index (χ1n) is 7.37. The summed E-state index contributed by atoms with van der Waals surface area (Å²) in [6.45, 7) is 4.11. The predicted octanol–water partition coefficient (Wildman–Crippen LogP) is 0.209. The molecule has 5 heteroatoms. The Morgan fingerprint density at radius 3 is 2.68 bits per heavy atom. The third-order valence-corrected chi connectivity index (χ3v) is 5.05. The van der Waals surface area contributed by atoms with Gasteiger partial charge in [0.1, 0.15) is 0 Å². The molecule has 2 unspecified atom stereocenters. The van der Waals surface area contributed by atoms with E-state index in [4.69, 9.17) is 0 Å². The monoisotopic (exact) mass is 265 g/mol. The largest absolute Gasteiger partial charge is 0.316 e. The fourth-order valence-electron chi connectivity index (χ4n) is 3.91. The minimum absolute atomic E-state index is 0.00850. The second kappa shape index (κ2) is 4.87. The number of nitrogens with one attached hydrogen (secondary N) is 1. The topological polar surface area (TPSA) is 52.7 Å². The Kier molecular flexibility index (Phi) is 3.35. The first-order valence-corrected chi connectivity index (χ1v) is 7.37. The fourth-order valence-corrected chi connectivity index (χ4v) is 3.91. The Morgan fingerprint density at radius 2 is 2.05 bits per heavy atom. The van der Waals surface area contributed by atoms with Crippen LogP contribution >= 0.6 is 0 Å². The molecule has 0 aromatic rings. The normalized spacial score (nSPS) is 37.3. The van der Waals surface area contributed by atoms with Crippen LogP contribution in [-0.2, 0) is 9.59 Å². The van der Waals surface area contributed by atoms with Gasteiger partial charge in [-0.25, -0.2) is 0 Å². The second-order valence-corrected chi connectivity index (χ2v) is 6.37. The van der Waals surface area contributed by atoms with Crippen LogP contribution in [0.3, 0.4) is 0 Å². The van der Waals surface area contributed by atoms with E-state index in [1.807, 2.05) is 0 Å². The Morgan fingerprint density at radius 1 is 1.26 bits per heavy atom. The SMILES string of the molecule is CN1C(=O)CC(N2CCCC3(CCCNC3)C2)C1=O. The number of piperidine rings is 2. The van der Waals surface area contributed by atoms with Crippen molar-refractivity contribution in [3.63, 3.8) is 0 Å². The van der Waals surface area contributed by atoms with Crippen molar-refractivity contribution in [2.45, 2.75) is 38.1 Å². The lowest BCUT2D eigenvalue weighted by atomic mass is 9.74. The summed E-state index contributed by atoms with van der Waals surface area (Å²) < 4.78 is 0. The molecule has 2 amide bonds. The molecule has 3 fully saturated rings. The Balaban J connectivity index is 1.71. The van der Waals surface area contributed by atoms with E-state index in [1.165, 1.54) is 24.2 Å². The number of likely N-dealkylation sites (N-methyl/N-ethyl adjacent to an activating group) is 1. The quantitative estimate of drug-likeness (QED) is 0.689. The van der Waals surface area contributed by atoms with E-state index in [9.17, 15) is 9.59 Å². The minimum Gasteiger partial charge on any atom is -0.316 e. The molecule has 1 spiro atoms. The molecule has 3 saturated heterocycles. The summed E-state index contributed by atoms with van der Waals surface area (Å²) >= 11 is 0. The van der Waals surface area contributed by atoms with Crippen molar-refractivity contribution < 1.29 is 9.59 Å². The van der Waals surface area contributed by atoms with E-state index in [-0.39, 0.29) is 17.9 Å². The van der Waals surface area contributed by atoms with Gasteiger partial charge < -0.3 is 5.32 Å². The average Bonchev–Trinajstić information content (AvgIpc) is 2.68. The van der Waals surface area contributed by atoms with Gasteiger partial charge in [-0.3, -0.25) is 19.4 Å². The second-order valence-electron chi connectivity index (χ2n) is 6.37. The van der Waals surface area contributed by atoms with Gasteiger partial charge >= 0.3 is 0 Å². The molecule has 19 heavy (non-hydrogen) atoms. The molecule has 0 aliphatic carbocycles. The summed E-state index contributed by atoms with van der Waals surface area (Å²) in [6, 6.07) is -0.198. The van der Waals surface area contributed by atoms with Crippen molar-refractivity contribution in [1.82, 2.24) is 15.1 Å². The molecule has 5 nitrogen and oxygen atoms in total. The van der Waals surface area contributed by atoms with E-state index < -0.39 is 0 Å². The predicted molar refractivity (Wildman–Crippen MR) is 71.5 cm³/mol. The Bertz CT molecular complexity index is 385. The van der Waals surface area contributed by atoms with E-state index >= 15 is 0 Å².